The van der Waals surface area contributed by atoms with E-state index in [1.807, 2.05) is 27.3 Å². The lowest BCUT2D eigenvalue weighted by molar-refractivity contribution is -0.120. The van der Waals surface area contributed by atoms with Crippen LogP contribution in [0, 0.1) is 5.92 Å². The van der Waals surface area contributed by atoms with Crippen LogP contribution in [0.4, 0.5) is 0 Å². The zero-order chi connectivity index (χ0) is 20.7. The second-order valence-electron chi connectivity index (χ2n) is 9.09. The highest BCUT2D eigenvalue weighted by molar-refractivity contribution is 5.98. The van der Waals surface area contributed by atoms with Crippen LogP contribution < -0.4 is 11.0 Å². The molecule has 0 bridgehead atoms. The molecule has 1 aromatic heterocycles. The Morgan fingerprint density at radius 2 is 1.80 bits per heavy atom. The molecule has 2 aliphatic carbocycles. The fraction of sp³-hybridized carbons (Fsp3) is 0.609. The maximum atomic E-state index is 13.4. The smallest absolute Gasteiger partial charge is 0.329 e. The third-order valence-corrected chi connectivity index (χ3v) is 6.89. The molecule has 0 unspecified atom stereocenters. The zero-order valence-corrected chi connectivity index (χ0v) is 17.4. The number of rotatable bonds is 4. The summed E-state index contributed by atoms with van der Waals surface area (Å²) in [6, 6.07) is 5.98. The molecule has 2 aromatic rings. The summed E-state index contributed by atoms with van der Waals surface area (Å²) < 4.78 is 3.91. The van der Waals surface area contributed by atoms with Gasteiger partial charge in [-0.2, -0.15) is 0 Å². The van der Waals surface area contributed by atoms with E-state index in [1.54, 1.807) is 4.90 Å². The molecular weight excluding hydrogens is 380 g/mol. The molecule has 1 aromatic carbocycles. The number of imidazole rings is 1. The molecule has 160 valence electrons. The van der Waals surface area contributed by atoms with Gasteiger partial charge in [-0.3, -0.25) is 18.7 Å². The average Bonchev–Trinajstić information content (AvgIpc) is 3.57. The van der Waals surface area contributed by atoms with E-state index in [4.69, 9.17) is 0 Å². The number of nitrogens with zero attached hydrogens (tertiary/aromatic N) is 3. The van der Waals surface area contributed by atoms with E-state index in [-0.39, 0.29) is 23.5 Å². The molecule has 7 nitrogen and oxygen atoms in total. The first-order valence-corrected chi connectivity index (χ1v) is 11.4. The largest absolute Gasteiger partial charge is 0.354 e. The number of hydrogen-bond donors (Lipinski definition) is 1. The van der Waals surface area contributed by atoms with Crippen molar-refractivity contribution in [3.8, 4) is 0 Å². The summed E-state index contributed by atoms with van der Waals surface area (Å²) in [6.45, 7) is 2.17. The van der Waals surface area contributed by atoms with Gasteiger partial charge in [-0.05, 0) is 49.8 Å². The van der Waals surface area contributed by atoms with E-state index in [9.17, 15) is 14.4 Å². The van der Waals surface area contributed by atoms with Crippen molar-refractivity contribution >= 4 is 22.8 Å². The Balaban J connectivity index is 1.53. The number of benzene rings is 1. The number of nitrogens with one attached hydrogen (secondary N) is 1. The molecular formula is C23H30N4O3. The lowest BCUT2D eigenvalue weighted by Gasteiger charge is -2.23. The second kappa shape index (κ2) is 7.93. The van der Waals surface area contributed by atoms with Gasteiger partial charge in [0.25, 0.3) is 5.91 Å². The Labute approximate surface area is 176 Å². The molecule has 0 radical (unpaired) electrons. The number of amides is 2. The topological polar surface area (TPSA) is 76.3 Å². The summed E-state index contributed by atoms with van der Waals surface area (Å²) in [4.78, 5) is 39.9. The van der Waals surface area contributed by atoms with Gasteiger partial charge in [0, 0.05) is 44.2 Å². The summed E-state index contributed by atoms with van der Waals surface area (Å²) in [6.07, 6.45) is 8.38. The van der Waals surface area contributed by atoms with Crippen molar-refractivity contribution in [3.05, 3.63) is 34.2 Å². The fourth-order valence-corrected chi connectivity index (χ4v) is 4.99. The number of fused-ring (bicyclic) bond motifs is 1. The lowest BCUT2D eigenvalue weighted by atomic mass is 9.95. The van der Waals surface area contributed by atoms with Crippen molar-refractivity contribution in [2.45, 2.75) is 64.0 Å². The molecule has 2 saturated carbocycles. The van der Waals surface area contributed by atoms with Gasteiger partial charge >= 0.3 is 5.69 Å². The predicted molar refractivity (Wildman–Crippen MR) is 115 cm³/mol. The summed E-state index contributed by atoms with van der Waals surface area (Å²) in [7, 11) is 0. The third-order valence-electron chi connectivity index (χ3n) is 6.89. The highest BCUT2D eigenvalue weighted by Crippen LogP contribution is 2.34. The van der Waals surface area contributed by atoms with E-state index in [1.165, 1.54) is 32.1 Å². The van der Waals surface area contributed by atoms with E-state index in [0.717, 1.165) is 30.4 Å². The average molecular weight is 411 g/mol. The van der Waals surface area contributed by atoms with Crippen molar-refractivity contribution in [2.24, 2.45) is 5.92 Å². The molecule has 2 heterocycles. The minimum absolute atomic E-state index is 0.0106. The number of carbonyl (C=O) groups excluding carboxylic acids is 2. The highest BCUT2D eigenvalue weighted by atomic mass is 16.2. The first kappa shape index (κ1) is 19.4. The Hall–Kier alpha value is -2.57. The zero-order valence-electron chi connectivity index (χ0n) is 17.4. The van der Waals surface area contributed by atoms with Crippen molar-refractivity contribution < 1.29 is 9.59 Å². The SMILES string of the molecule is O=C1CCN(C(=O)c2ccc3c(c2)n(CC2CC2)c(=O)n3C2CCCCC2)CCN1. The molecule has 5 rings (SSSR count). The maximum Gasteiger partial charge on any atom is 0.329 e. The maximum absolute atomic E-state index is 13.4. The Morgan fingerprint density at radius 3 is 2.57 bits per heavy atom. The summed E-state index contributed by atoms with van der Waals surface area (Å²) in [5.41, 5.74) is 2.52. The minimum atomic E-state index is -0.0655. The van der Waals surface area contributed by atoms with Crippen molar-refractivity contribution in [3.63, 3.8) is 0 Å². The molecule has 3 aliphatic rings. The fourth-order valence-electron chi connectivity index (χ4n) is 4.99. The van der Waals surface area contributed by atoms with Crippen LogP contribution in [0.15, 0.2) is 23.0 Å². The van der Waals surface area contributed by atoms with E-state index in [2.05, 4.69) is 5.32 Å². The number of hydrogen-bond acceptors (Lipinski definition) is 3. The molecule has 1 saturated heterocycles. The van der Waals surface area contributed by atoms with Crippen molar-refractivity contribution in [1.82, 2.24) is 19.4 Å². The van der Waals surface area contributed by atoms with Crippen LogP contribution in [-0.2, 0) is 11.3 Å². The summed E-state index contributed by atoms with van der Waals surface area (Å²) >= 11 is 0. The van der Waals surface area contributed by atoms with Gasteiger partial charge < -0.3 is 10.2 Å². The molecule has 1 aliphatic heterocycles. The van der Waals surface area contributed by atoms with E-state index < -0.39 is 0 Å². The molecule has 0 spiro atoms. The Kier molecular flexibility index (Phi) is 5.13. The molecule has 0 atom stereocenters. The third kappa shape index (κ3) is 3.66. The molecule has 1 N–H and O–H groups in total. The van der Waals surface area contributed by atoms with Gasteiger partial charge in [-0.15, -0.1) is 0 Å². The monoisotopic (exact) mass is 410 g/mol. The van der Waals surface area contributed by atoms with Crippen molar-refractivity contribution in [2.75, 3.05) is 19.6 Å². The van der Waals surface area contributed by atoms with Gasteiger partial charge in [-0.25, -0.2) is 4.79 Å². The number of carbonyl (C=O) groups is 2. The molecule has 3 fully saturated rings. The quantitative estimate of drug-likeness (QED) is 0.842. The normalized spacial score (nSPS) is 20.9. The Bertz CT molecular complexity index is 1030. The van der Waals surface area contributed by atoms with Gasteiger partial charge in [0.05, 0.1) is 11.0 Å². The highest BCUT2D eigenvalue weighted by Gasteiger charge is 2.28. The van der Waals surface area contributed by atoms with Crippen LogP contribution in [0.25, 0.3) is 11.0 Å². The summed E-state index contributed by atoms with van der Waals surface area (Å²) in [5, 5.41) is 2.81. The predicted octanol–water partition coefficient (Wildman–Crippen LogP) is 2.68. The Morgan fingerprint density at radius 1 is 1.00 bits per heavy atom. The van der Waals surface area contributed by atoms with Gasteiger partial charge in [0.15, 0.2) is 0 Å². The number of aromatic nitrogens is 2. The van der Waals surface area contributed by atoms with E-state index >= 15 is 0 Å². The molecule has 30 heavy (non-hydrogen) atoms. The first-order chi connectivity index (χ1) is 14.6. The van der Waals surface area contributed by atoms with Gasteiger partial charge in [0.2, 0.25) is 5.91 Å². The van der Waals surface area contributed by atoms with Crippen LogP contribution in [0.5, 0.6) is 0 Å². The summed E-state index contributed by atoms with van der Waals surface area (Å²) in [5.74, 6) is 0.503. The van der Waals surface area contributed by atoms with E-state index in [0.29, 0.717) is 37.5 Å². The van der Waals surface area contributed by atoms with Crippen LogP contribution in [0.2, 0.25) is 0 Å². The van der Waals surface area contributed by atoms with Crippen LogP contribution in [0.1, 0.15) is 67.8 Å². The van der Waals surface area contributed by atoms with Crippen LogP contribution in [0.3, 0.4) is 0 Å². The van der Waals surface area contributed by atoms with Crippen molar-refractivity contribution in [1.29, 1.82) is 0 Å². The van der Waals surface area contributed by atoms with Gasteiger partial charge in [0.1, 0.15) is 0 Å². The second-order valence-corrected chi connectivity index (χ2v) is 9.09. The molecule has 2 amide bonds. The van der Waals surface area contributed by atoms with Crippen LogP contribution >= 0.6 is 0 Å². The minimum Gasteiger partial charge on any atom is -0.354 e. The first-order valence-electron chi connectivity index (χ1n) is 11.4. The molecule has 7 heteroatoms. The standard InChI is InChI=1S/C23H30N4O3/c28-21-10-12-25(13-11-24-21)22(29)17-8-9-19-20(14-17)26(15-16-6-7-16)23(30)27(19)18-4-2-1-3-5-18/h8-9,14,16,18H,1-7,10-13,15H2,(H,24,28). The lowest BCUT2D eigenvalue weighted by Crippen LogP contribution is -2.34. The van der Waals surface area contributed by atoms with Gasteiger partial charge in [-0.1, -0.05) is 19.3 Å². The van der Waals surface area contributed by atoms with Crippen LogP contribution in [-0.4, -0.2) is 45.5 Å².